The summed E-state index contributed by atoms with van der Waals surface area (Å²) in [4.78, 5) is 0. The highest BCUT2D eigenvalue weighted by atomic mass is 79.9. The maximum absolute atomic E-state index is 12.8. The van der Waals surface area contributed by atoms with Crippen molar-refractivity contribution in [2.24, 2.45) is 5.73 Å². The van der Waals surface area contributed by atoms with Crippen LogP contribution in [0.5, 0.6) is 0 Å². The molecule has 0 radical (unpaired) electrons. The minimum absolute atomic E-state index is 0.0933. The zero-order valence-electron chi connectivity index (χ0n) is 6.63. The molecule has 0 saturated heterocycles. The van der Waals surface area contributed by atoms with Crippen LogP contribution >= 0.6 is 15.9 Å². The Bertz CT molecular complexity index is 235. The van der Waals surface area contributed by atoms with Crippen LogP contribution in [0.25, 0.3) is 0 Å². The molecule has 0 amide bonds. The number of hydrogen-bond donors (Lipinski definition) is 1. The summed E-state index contributed by atoms with van der Waals surface area (Å²) in [6.07, 6.45) is -0.518. The highest BCUT2D eigenvalue weighted by molar-refractivity contribution is 9.10. The fraction of sp³-hybridized carbons (Fsp3) is 0.333. The van der Waals surface area contributed by atoms with Gasteiger partial charge in [-0.1, -0.05) is 28.1 Å². The molecule has 0 bridgehead atoms. The topological polar surface area (TPSA) is 26.0 Å². The molecule has 1 aromatic carbocycles. The number of rotatable bonds is 3. The summed E-state index contributed by atoms with van der Waals surface area (Å²) in [6, 6.07) is 7.59. The fourth-order valence-electron chi connectivity index (χ4n) is 0.960. The molecule has 1 atom stereocenters. The number of halogens is 2. The monoisotopic (exact) mass is 231 g/mol. The minimum atomic E-state index is -0.925. The predicted molar refractivity (Wildman–Crippen MR) is 51.8 cm³/mol. The Hall–Kier alpha value is -0.410. The molecular formula is C9H11BrFN. The molecule has 1 unspecified atom stereocenters. The molecular weight excluding hydrogens is 221 g/mol. The van der Waals surface area contributed by atoms with E-state index in [0.717, 1.165) is 10.0 Å². The van der Waals surface area contributed by atoms with Gasteiger partial charge in [-0.05, 0) is 17.7 Å². The molecule has 2 N–H and O–H groups in total. The second-order valence-corrected chi connectivity index (χ2v) is 3.58. The van der Waals surface area contributed by atoms with E-state index >= 15 is 0 Å². The molecule has 0 aliphatic rings. The average molecular weight is 232 g/mol. The molecule has 0 heterocycles. The molecule has 0 aliphatic carbocycles. The van der Waals surface area contributed by atoms with Crippen molar-refractivity contribution in [3.8, 4) is 0 Å². The summed E-state index contributed by atoms with van der Waals surface area (Å²) in [6.45, 7) is 0.0933. The maximum atomic E-state index is 12.8. The Morgan fingerprint density at radius 3 is 2.42 bits per heavy atom. The number of nitrogens with two attached hydrogens (primary N) is 1. The Morgan fingerprint density at radius 2 is 1.92 bits per heavy atom. The highest BCUT2D eigenvalue weighted by Crippen LogP contribution is 2.12. The van der Waals surface area contributed by atoms with Crippen LogP contribution < -0.4 is 5.73 Å². The lowest BCUT2D eigenvalue weighted by Gasteiger charge is -2.04. The van der Waals surface area contributed by atoms with E-state index < -0.39 is 6.17 Å². The second-order valence-electron chi connectivity index (χ2n) is 2.66. The summed E-state index contributed by atoms with van der Waals surface area (Å²) in [5.41, 5.74) is 6.15. The molecule has 0 aliphatic heterocycles. The van der Waals surface area contributed by atoms with Crippen molar-refractivity contribution in [2.75, 3.05) is 6.54 Å². The Balaban J connectivity index is 2.58. The third-order valence-electron chi connectivity index (χ3n) is 1.63. The largest absolute Gasteiger partial charge is 0.328 e. The molecule has 0 aromatic heterocycles. The van der Waals surface area contributed by atoms with Crippen molar-refractivity contribution in [1.82, 2.24) is 0 Å². The smallest absolute Gasteiger partial charge is 0.116 e. The van der Waals surface area contributed by atoms with Crippen LogP contribution in [0.4, 0.5) is 4.39 Å². The quantitative estimate of drug-likeness (QED) is 0.850. The fourth-order valence-corrected chi connectivity index (χ4v) is 1.22. The standard InChI is InChI=1S/C9H11BrFN/c10-8-3-1-7(2-4-8)5-9(11)6-12/h1-4,9H,5-6,12H2. The molecule has 1 aromatic rings. The van der Waals surface area contributed by atoms with Crippen molar-refractivity contribution >= 4 is 15.9 Å². The highest BCUT2D eigenvalue weighted by Gasteiger charge is 2.03. The Labute approximate surface area is 79.9 Å². The van der Waals surface area contributed by atoms with Crippen molar-refractivity contribution in [2.45, 2.75) is 12.6 Å². The van der Waals surface area contributed by atoms with Gasteiger partial charge < -0.3 is 5.73 Å². The molecule has 0 saturated carbocycles. The summed E-state index contributed by atoms with van der Waals surface area (Å²) in [5.74, 6) is 0. The van der Waals surface area contributed by atoms with Gasteiger partial charge in [0.25, 0.3) is 0 Å². The molecule has 66 valence electrons. The summed E-state index contributed by atoms with van der Waals surface area (Å²) in [7, 11) is 0. The predicted octanol–water partition coefficient (Wildman–Crippen LogP) is 2.29. The first-order valence-electron chi connectivity index (χ1n) is 3.81. The van der Waals surface area contributed by atoms with E-state index in [0.29, 0.717) is 6.42 Å². The Morgan fingerprint density at radius 1 is 1.33 bits per heavy atom. The molecule has 12 heavy (non-hydrogen) atoms. The zero-order valence-corrected chi connectivity index (χ0v) is 8.22. The van der Waals surface area contributed by atoms with E-state index in [-0.39, 0.29) is 6.54 Å². The van der Waals surface area contributed by atoms with Gasteiger partial charge in [-0.25, -0.2) is 4.39 Å². The summed E-state index contributed by atoms with van der Waals surface area (Å²) < 4.78 is 13.8. The lowest BCUT2D eigenvalue weighted by molar-refractivity contribution is 0.340. The van der Waals surface area contributed by atoms with Gasteiger partial charge in [-0.2, -0.15) is 0 Å². The van der Waals surface area contributed by atoms with Crippen molar-refractivity contribution in [3.05, 3.63) is 34.3 Å². The SMILES string of the molecule is NCC(F)Cc1ccc(Br)cc1. The van der Waals surface area contributed by atoms with E-state index in [2.05, 4.69) is 15.9 Å². The van der Waals surface area contributed by atoms with E-state index in [9.17, 15) is 4.39 Å². The normalized spacial score (nSPS) is 12.9. The third-order valence-corrected chi connectivity index (χ3v) is 2.15. The first-order valence-corrected chi connectivity index (χ1v) is 4.60. The van der Waals surface area contributed by atoms with Gasteiger partial charge in [-0.15, -0.1) is 0 Å². The molecule has 1 nitrogen and oxygen atoms in total. The van der Waals surface area contributed by atoms with Crippen LogP contribution in [-0.2, 0) is 6.42 Å². The van der Waals surface area contributed by atoms with E-state index in [4.69, 9.17) is 5.73 Å². The Kier molecular flexibility index (Phi) is 3.69. The van der Waals surface area contributed by atoms with E-state index in [1.54, 1.807) is 0 Å². The van der Waals surface area contributed by atoms with Crippen LogP contribution in [0.15, 0.2) is 28.7 Å². The van der Waals surface area contributed by atoms with Gasteiger partial charge in [0.1, 0.15) is 6.17 Å². The van der Waals surface area contributed by atoms with Crippen molar-refractivity contribution in [1.29, 1.82) is 0 Å². The number of hydrogen-bond acceptors (Lipinski definition) is 1. The van der Waals surface area contributed by atoms with Gasteiger partial charge in [0.15, 0.2) is 0 Å². The van der Waals surface area contributed by atoms with Gasteiger partial charge in [0.05, 0.1) is 0 Å². The lowest BCUT2D eigenvalue weighted by Crippen LogP contribution is -2.17. The average Bonchev–Trinajstić information content (AvgIpc) is 2.09. The van der Waals surface area contributed by atoms with Crippen molar-refractivity contribution < 1.29 is 4.39 Å². The van der Waals surface area contributed by atoms with Crippen LogP contribution in [0.2, 0.25) is 0 Å². The van der Waals surface area contributed by atoms with Crippen LogP contribution in [0.3, 0.4) is 0 Å². The molecule has 1 rings (SSSR count). The maximum Gasteiger partial charge on any atom is 0.116 e. The van der Waals surface area contributed by atoms with Gasteiger partial charge in [0.2, 0.25) is 0 Å². The summed E-state index contributed by atoms with van der Waals surface area (Å²) in [5, 5.41) is 0. The van der Waals surface area contributed by atoms with Gasteiger partial charge in [-0.3, -0.25) is 0 Å². The van der Waals surface area contributed by atoms with E-state index in [1.165, 1.54) is 0 Å². The van der Waals surface area contributed by atoms with E-state index in [1.807, 2.05) is 24.3 Å². The lowest BCUT2D eigenvalue weighted by atomic mass is 10.1. The van der Waals surface area contributed by atoms with Crippen molar-refractivity contribution in [3.63, 3.8) is 0 Å². The van der Waals surface area contributed by atoms with Crippen LogP contribution in [-0.4, -0.2) is 12.7 Å². The van der Waals surface area contributed by atoms with Gasteiger partial charge in [0, 0.05) is 17.4 Å². The minimum Gasteiger partial charge on any atom is -0.328 e. The molecule has 3 heteroatoms. The van der Waals surface area contributed by atoms with Crippen LogP contribution in [0.1, 0.15) is 5.56 Å². The second kappa shape index (κ2) is 4.58. The number of alkyl halides is 1. The van der Waals surface area contributed by atoms with Crippen LogP contribution in [0, 0.1) is 0 Å². The van der Waals surface area contributed by atoms with Gasteiger partial charge >= 0.3 is 0 Å². The molecule has 0 fully saturated rings. The zero-order chi connectivity index (χ0) is 8.97. The first-order chi connectivity index (χ1) is 5.72. The third kappa shape index (κ3) is 2.91. The molecule has 0 spiro atoms. The number of benzene rings is 1. The summed E-state index contributed by atoms with van der Waals surface area (Å²) >= 11 is 3.31. The first kappa shape index (κ1) is 9.68.